The van der Waals surface area contributed by atoms with Crippen LogP contribution in [0.1, 0.15) is 45.2 Å². The fourth-order valence-electron chi connectivity index (χ4n) is 6.14. The molecule has 2 aliphatic heterocycles. The molecule has 240 valence electrons. The first-order chi connectivity index (χ1) is 21.5. The van der Waals surface area contributed by atoms with Crippen LogP contribution in [-0.4, -0.2) is 108 Å². The van der Waals surface area contributed by atoms with Gasteiger partial charge in [0.05, 0.1) is 29.7 Å². The monoisotopic (exact) mass is 618 g/mol. The molecular formula is C32H42N8O5. The Morgan fingerprint density at radius 3 is 2.47 bits per heavy atom. The van der Waals surface area contributed by atoms with Gasteiger partial charge in [0.25, 0.3) is 0 Å². The van der Waals surface area contributed by atoms with Gasteiger partial charge in [0.2, 0.25) is 5.91 Å². The summed E-state index contributed by atoms with van der Waals surface area (Å²) in [5.74, 6) is 0.465. The Morgan fingerprint density at radius 2 is 1.80 bits per heavy atom. The lowest BCUT2D eigenvalue weighted by atomic mass is 9.87. The van der Waals surface area contributed by atoms with Crippen molar-refractivity contribution in [2.45, 2.75) is 70.2 Å². The minimum Gasteiger partial charge on any atom is -0.394 e. The number of nitrogens with one attached hydrogen (secondary N) is 2. The number of benzene rings is 2. The first kappa shape index (κ1) is 31.1. The van der Waals surface area contributed by atoms with Crippen molar-refractivity contribution >= 4 is 22.6 Å². The van der Waals surface area contributed by atoms with E-state index in [1.165, 1.54) is 17.2 Å². The quantitative estimate of drug-likeness (QED) is 0.205. The number of para-hydroxylation sites is 1. The zero-order chi connectivity index (χ0) is 31.9. The van der Waals surface area contributed by atoms with Crippen molar-refractivity contribution in [3.05, 3.63) is 59.9 Å². The van der Waals surface area contributed by atoms with Gasteiger partial charge in [0.1, 0.15) is 35.7 Å². The molecule has 1 amide bonds. The van der Waals surface area contributed by atoms with Gasteiger partial charge in [-0.1, -0.05) is 56.3 Å². The number of hydrogen-bond acceptors (Lipinski definition) is 10. The van der Waals surface area contributed by atoms with Crippen LogP contribution in [0.5, 0.6) is 0 Å². The molecule has 13 nitrogen and oxygen atoms in total. The van der Waals surface area contributed by atoms with E-state index in [2.05, 4.69) is 93.6 Å². The van der Waals surface area contributed by atoms with Gasteiger partial charge < -0.3 is 35.3 Å². The molecule has 0 radical (unpaired) electrons. The zero-order valence-electron chi connectivity index (χ0n) is 26.1. The Hall–Kier alpha value is -3.88. The number of nitrogens with zero attached hydrogens (tertiary/aromatic N) is 6. The molecule has 2 aliphatic rings. The zero-order valence-corrected chi connectivity index (χ0v) is 26.1. The molecule has 0 unspecified atom stereocenters. The van der Waals surface area contributed by atoms with Crippen molar-refractivity contribution in [1.29, 1.82) is 0 Å². The summed E-state index contributed by atoms with van der Waals surface area (Å²) in [6.45, 7) is 11.3. The molecule has 0 bridgehead atoms. The number of imidazole rings is 1. The maximum absolute atomic E-state index is 11.8. The van der Waals surface area contributed by atoms with Crippen molar-refractivity contribution in [3.8, 4) is 11.4 Å². The smallest absolute Gasteiger partial charge is 0.217 e. The molecule has 2 aromatic heterocycles. The predicted octanol–water partition coefficient (Wildman–Crippen LogP) is 1.56. The molecule has 4 aromatic rings. The Kier molecular flexibility index (Phi) is 8.63. The third-order valence-corrected chi connectivity index (χ3v) is 8.70. The molecule has 5 N–H and O–H groups in total. The number of hydrogen-bond donors (Lipinski definition) is 5. The van der Waals surface area contributed by atoms with Gasteiger partial charge in [-0.25, -0.2) is 9.67 Å². The van der Waals surface area contributed by atoms with Crippen LogP contribution in [0.4, 0.5) is 5.69 Å². The molecule has 0 aliphatic carbocycles. The third-order valence-electron chi connectivity index (χ3n) is 8.70. The molecule has 0 spiro atoms. The van der Waals surface area contributed by atoms with Gasteiger partial charge >= 0.3 is 0 Å². The Labute approximate surface area is 261 Å². The highest BCUT2D eigenvalue weighted by Crippen LogP contribution is 2.31. The summed E-state index contributed by atoms with van der Waals surface area (Å²) in [4.78, 5) is 25.0. The third kappa shape index (κ3) is 6.44. The predicted molar refractivity (Wildman–Crippen MR) is 168 cm³/mol. The standard InChI is InChI=1S/C32H42N8O5/c1-19(42)33-27-29(44)28(43)25(18-41)45-31(27)40-17-22(36-37-40)16-38-12-14-39(15-13-38)24-7-5-6-23-26(24)35-30(34-23)20-8-10-21(11-9-20)32(2,3)4/h5-11,17,25,27-29,31,41,43-44H,12-16,18H2,1-4H3,(H,33,42)(H,34,35)/t25-,27-,28-,29-,31+/m0/s1. The largest absolute Gasteiger partial charge is 0.394 e. The molecule has 6 rings (SSSR count). The number of aliphatic hydroxyl groups excluding tert-OH is 3. The molecule has 5 atom stereocenters. The maximum atomic E-state index is 11.8. The van der Waals surface area contributed by atoms with E-state index in [-0.39, 0.29) is 5.41 Å². The number of fused-ring (bicyclic) bond motifs is 1. The topological polar surface area (TPSA) is 165 Å². The van der Waals surface area contributed by atoms with Gasteiger partial charge in [-0.3, -0.25) is 9.69 Å². The molecular weight excluding hydrogens is 576 g/mol. The van der Waals surface area contributed by atoms with E-state index >= 15 is 0 Å². The summed E-state index contributed by atoms with van der Waals surface area (Å²) < 4.78 is 7.25. The number of aromatic amines is 1. The van der Waals surface area contributed by atoms with E-state index in [1.54, 1.807) is 6.20 Å². The van der Waals surface area contributed by atoms with Crippen molar-refractivity contribution in [2.24, 2.45) is 0 Å². The number of aliphatic hydroxyl groups is 3. The van der Waals surface area contributed by atoms with Crippen LogP contribution < -0.4 is 10.2 Å². The Morgan fingerprint density at radius 1 is 1.07 bits per heavy atom. The van der Waals surface area contributed by atoms with Gasteiger partial charge in [-0.2, -0.15) is 0 Å². The summed E-state index contributed by atoms with van der Waals surface area (Å²) in [7, 11) is 0. The summed E-state index contributed by atoms with van der Waals surface area (Å²) >= 11 is 0. The summed E-state index contributed by atoms with van der Waals surface area (Å²) in [5, 5.41) is 41.7. The number of rotatable bonds is 7. The molecule has 2 aromatic carbocycles. The number of amides is 1. The Balaban J connectivity index is 1.11. The normalized spacial score (nSPS) is 24.7. The molecule has 0 saturated carbocycles. The fourth-order valence-corrected chi connectivity index (χ4v) is 6.14. The number of H-pyrrole nitrogens is 1. The van der Waals surface area contributed by atoms with Crippen LogP contribution in [0, 0.1) is 0 Å². The maximum Gasteiger partial charge on any atom is 0.217 e. The lowest BCUT2D eigenvalue weighted by Crippen LogP contribution is -2.62. The van der Waals surface area contributed by atoms with E-state index < -0.39 is 43.1 Å². The highest BCUT2D eigenvalue weighted by Gasteiger charge is 2.46. The van der Waals surface area contributed by atoms with Crippen LogP contribution in [0.3, 0.4) is 0 Å². The lowest BCUT2D eigenvalue weighted by Gasteiger charge is -2.42. The van der Waals surface area contributed by atoms with Crippen molar-refractivity contribution in [3.63, 3.8) is 0 Å². The minimum atomic E-state index is -1.36. The molecule has 13 heteroatoms. The van der Waals surface area contributed by atoms with Crippen molar-refractivity contribution in [2.75, 3.05) is 37.7 Å². The first-order valence-corrected chi connectivity index (χ1v) is 15.4. The number of aromatic nitrogens is 5. The van der Waals surface area contributed by atoms with Crippen LogP contribution in [0.25, 0.3) is 22.4 Å². The van der Waals surface area contributed by atoms with E-state index in [1.807, 2.05) is 0 Å². The van der Waals surface area contributed by atoms with Crippen LogP contribution in [0.2, 0.25) is 0 Å². The average molecular weight is 619 g/mol. The number of piperazine rings is 1. The van der Waals surface area contributed by atoms with E-state index in [0.29, 0.717) is 12.2 Å². The van der Waals surface area contributed by atoms with E-state index in [9.17, 15) is 20.1 Å². The van der Waals surface area contributed by atoms with Gasteiger partial charge in [0.15, 0.2) is 6.23 Å². The van der Waals surface area contributed by atoms with Gasteiger partial charge in [0, 0.05) is 45.2 Å². The molecule has 2 fully saturated rings. The summed E-state index contributed by atoms with van der Waals surface area (Å²) in [5.41, 5.74) is 6.20. The lowest BCUT2D eigenvalue weighted by molar-refractivity contribution is -0.219. The molecule has 2 saturated heterocycles. The number of carbonyl (C=O) groups excluding carboxylic acids is 1. The number of carbonyl (C=O) groups is 1. The summed E-state index contributed by atoms with van der Waals surface area (Å²) in [6.07, 6.45) is -2.97. The average Bonchev–Trinajstić information content (AvgIpc) is 3.67. The van der Waals surface area contributed by atoms with Crippen LogP contribution >= 0.6 is 0 Å². The second kappa shape index (κ2) is 12.5. The molecule has 4 heterocycles. The highest BCUT2D eigenvalue weighted by atomic mass is 16.5. The van der Waals surface area contributed by atoms with Gasteiger partial charge in [-0.05, 0) is 23.1 Å². The van der Waals surface area contributed by atoms with Crippen molar-refractivity contribution in [1.82, 2.24) is 35.2 Å². The Bertz CT molecular complexity index is 1620. The van der Waals surface area contributed by atoms with Gasteiger partial charge in [-0.15, -0.1) is 5.10 Å². The van der Waals surface area contributed by atoms with E-state index in [0.717, 1.165) is 54.3 Å². The van der Waals surface area contributed by atoms with Crippen LogP contribution in [-0.2, 0) is 21.5 Å². The number of ether oxygens (including phenoxy) is 1. The van der Waals surface area contributed by atoms with Crippen LogP contribution in [0.15, 0.2) is 48.7 Å². The number of anilines is 1. The second-order valence-corrected chi connectivity index (χ2v) is 13.0. The van der Waals surface area contributed by atoms with Crippen molar-refractivity contribution < 1.29 is 24.9 Å². The summed E-state index contributed by atoms with van der Waals surface area (Å²) in [6, 6.07) is 13.9. The highest BCUT2D eigenvalue weighted by molar-refractivity contribution is 5.91. The van der Waals surface area contributed by atoms with E-state index in [4.69, 9.17) is 9.72 Å². The second-order valence-electron chi connectivity index (χ2n) is 13.0. The first-order valence-electron chi connectivity index (χ1n) is 15.4. The SMILES string of the molecule is CC(=O)N[C@H]1[C@H](O)[C@@H](O)[C@H](CO)O[C@H]1n1cc(CN2CCN(c3cccc4[nH]c(-c5ccc(C(C)(C)C)cc5)nc34)CC2)nn1. The minimum absolute atomic E-state index is 0.0941. The fraction of sp³-hybridized carbons (Fsp3) is 0.500. The molecule has 45 heavy (non-hydrogen) atoms.